The van der Waals surface area contributed by atoms with Crippen molar-refractivity contribution in [2.24, 2.45) is 11.1 Å². The lowest BCUT2D eigenvalue weighted by Gasteiger charge is -2.27. The molecule has 0 aliphatic rings. The summed E-state index contributed by atoms with van der Waals surface area (Å²) >= 11 is 0. The van der Waals surface area contributed by atoms with Crippen molar-refractivity contribution < 1.29 is 9.53 Å². The lowest BCUT2D eigenvalue weighted by Crippen LogP contribution is -2.35. The van der Waals surface area contributed by atoms with Crippen LogP contribution in [0.25, 0.3) is 0 Å². The van der Waals surface area contributed by atoms with Crippen LogP contribution in [0.4, 0.5) is 0 Å². The molecular formula is C16H26N2O2. The number of rotatable bonds is 8. The molecule has 0 radical (unpaired) electrons. The molecule has 0 aromatic heterocycles. The van der Waals surface area contributed by atoms with Crippen molar-refractivity contribution in [2.45, 2.75) is 26.8 Å². The quantitative estimate of drug-likeness (QED) is 0.739. The average molecular weight is 278 g/mol. The van der Waals surface area contributed by atoms with Crippen LogP contribution in [0, 0.1) is 5.41 Å². The second kappa shape index (κ2) is 8.02. The Balaban J connectivity index is 2.57. The molecule has 1 aromatic carbocycles. The summed E-state index contributed by atoms with van der Waals surface area (Å²) in [5.74, 6) is -0.162. The van der Waals surface area contributed by atoms with Gasteiger partial charge in [-0.05, 0) is 32.4 Å². The number of hydrogen-bond donors (Lipinski definition) is 1. The minimum atomic E-state index is -0.460. The largest absolute Gasteiger partial charge is 0.469 e. The zero-order valence-electron chi connectivity index (χ0n) is 12.8. The minimum absolute atomic E-state index is 0.162. The van der Waals surface area contributed by atoms with E-state index in [4.69, 9.17) is 10.5 Å². The number of carbonyl (C=O) groups is 1. The maximum atomic E-state index is 11.7. The highest BCUT2D eigenvalue weighted by molar-refractivity contribution is 5.75. The van der Waals surface area contributed by atoms with Crippen molar-refractivity contribution in [1.29, 1.82) is 0 Å². The number of ether oxygens (including phenoxy) is 1. The van der Waals surface area contributed by atoms with Crippen molar-refractivity contribution in [1.82, 2.24) is 4.90 Å². The first-order chi connectivity index (χ1) is 9.49. The first-order valence-corrected chi connectivity index (χ1v) is 7.04. The number of carbonyl (C=O) groups excluding carboxylic acids is 1. The van der Waals surface area contributed by atoms with E-state index in [1.54, 1.807) is 0 Å². The molecule has 0 heterocycles. The van der Waals surface area contributed by atoms with Crippen LogP contribution in [0.1, 0.15) is 25.8 Å². The van der Waals surface area contributed by atoms with Crippen molar-refractivity contribution >= 4 is 5.97 Å². The van der Waals surface area contributed by atoms with E-state index in [1.165, 1.54) is 12.7 Å². The molecule has 0 amide bonds. The van der Waals surface area contributed by atoms with Gasteiger partial charge in [-0.25, -0.2) is 0 Å². The van der Waals surface area contributed by atoms with Crippen LogP contribution in [-0.4, -0.2) is 37.6 Å². The molecule has 0 aliphatic heterocycles. The lowest BCUT2D eigenvalue weighted by molar-refractivity contribution is -0.151. The Kier molecular flexibility index (Phi) is 6.68. The summed E-state index contributed by atoms with van der Waals surface area (Å²) in [6, 6.07) is 10.3. The Morgan fingerprint density at radius 1 is 1.25 bits per heavy atom. The number of nitrogens with zero attached hydrogens (tertiary/aromatic N) is 1. The summed E-state index contributed by atoms with van der Waals surface area (Å²) in [5.41, 5.74) is 6.48. The van der Waals surface area contributed by atoms with Gasteiger partial charge in [-0.15, -0.1) is 0 Å². The fourth-order valence-electron chi connectivity index (χ4n) is 2.11. The maximum Gasteiger partial charge on any atom is 0.311 e. The van der Waals surface area contributed by atoms with Gasteiger partial charge in [0.2, 0.25) is 0 Å². The molecule has 0 saturated heterocycles. The summed E-state index contributed by atoms with van der Waals surface area (Å²) in [6.07, 6.45) is 0.756. The SMILES string of the molecule is COC(=O)C(C)(C)CCN(CCN)Cc1ccccc1. The molecule has 0 saturated carbocycles. The third-order valence-electron chi connectivity index (χ3n) is 3.49. The first kappa shape index (κ1) is 16.7. The molecule has 0 fully saturated rings. The third kappa shape index (κ3) is 5.31. The molecule has 0 atom stereocenters. The van der Waals surface area contributed by atoms with Gasteiger partial charge in [-0.1, -0.05) is 30.3 Å². The zero-order valence-corrected chi connectivity index (χ0v) is 12.8. The van der Waals surface area contributed by atoms with Crippen LogP contribution in [0.2, 0.25) is 0 Å². The molecule has 0 aliphatic carbocycles. The topological polar surface area (TPSA) is 55.6 Å². The van der Waals surface area contributed by atoms with Gasteiger partial charge in [0.05, 0.1) is 12.5 Å². The standard InChI is InChI=1S/C16H26N2O2/c1-16(2,15(19)20-3)9-11-18(12-10-17)13-14-7-5-4-6-8-14/h4-8H,9-13,17H2,1-3H3. The van der Waals surface area contributed by atoms with E-state index < -0.39 is 5.41 Å². The normalized spacial score (nSPS) is 11.7. The monoisotopic (exact) mass is 278 g/mol. The highest BCUT2D eigenvalue weighted by Crippen LogP contribution is 2.22. The Morgan fingerprint density at radius 2 is 1.90 bits per heavy atom. The number of benzene rings is 1. The van der Waals surface area contributed by atoms with Crippen molar-refractivity contribution in [3.05, 3.63) is 35.9 Å². The molecular weight excluding hydrogens is 252 g/mol. The molecule has 1 aromatic rings. The number of methoxy groups -OCH3 is 1. The second-order valence-corrected chi connectivity index (χ2v) is 5.68. The highest BCUT2D eigenvalue weighted by atomic mass is 16.5. The van der Waals surface area contributed by atoms with Crippen molar-refractivity contribution in [3.63, 3.8) is 0 Å². The van der Waals surface area contributed by atoms with Crippen LogP contribution in [0.15, 0.2) is 30.3 Å². The van der Waals surface area contributed by atoms with Crippen molar-refractivity contribution in [3.8, 4) is 0 Å². The van der Waals surface area contributed by atoms with E-state index in [2.05, 4.69) is 17.0 Å². The van der Waals surface area contributed by atoms with E-state index in [0.717, 1.165) is 26.1 Å². The second-order valence-electron chi connectivity index (χ2n) is 5.68. The van der Waals surface area contributed by atoms with Gasteiger partial charge in [0.1, 0.15) is 0 Å². The number of nitrogens with two attached hydrogens (primary N) is 1. The van der Waals surface area contributed by atoms with Gasteiger partial charge < -0.3 is 10.5 Å². The third-order valence-corrected chi connectivity index (χ3v) is 3.49. The van der Waals surface area contributed by atoms with Gasteiger partial charge in [0.15, 0.2) is 0 Å². The predicted octanol–water partition coefficient (Wildman–Crippen LogP) is 2.04. The van der Waals surface area contributed by atoms with Gasteiger partial charge in [0.25, 0.3) is 0 Å². The molecule has 4 heteroatoms. The van der Waals surface area contributed by atoms with E-state index in [9.17, 15) is 4.79 Å². The Morgan fingerprint density at radius 3 is 2.45 bits per heavy atom. The summed E-state index contributed by atoms with van der Waals surface area (Å²) in [7, 11) is 1.44. The highest BCUT2D eigenvalue weighted by Gasteiger charge is 2.28. The molecule has 0 spiro atoms. The van der Waals surface area contributed by atoms with Crippen LogP contribution in [0.5, 0.6) is 0 Å². The van der Waals surface area contributed by atoms with Crippen LogP contribution < -0.4 is 5.73 Å². The smallest absolute Gasteiger partial charge is 0.311 e. The zero-order chi connectivity index (χ0) is 15.0. The molecule has 0 bridgehead atoms. The summed E-state index contributed by atoms with van der Waals surface area (Å²) < 4.78 is 4.84. The molecule has 1 rings (SSSR count). The van der Waals surface area contributed by atoms with Gasteiger partial charge >= 0.3 is 5.97 Å². The van der Waals surface area contributed by atoms with Gasteiger partial charge in [-0.3, -0.25) is 9.69 Å². The van der Waals surface area contributed by atoms with Gasteiger partial charge in [0, 0.05) is 19.6 Å². The summed E-state index contributed by atoms with van der Waals surface area (Å²) in [5, 5.41) is 0. The maximum absolute atomic E-state index is 11.7. The Hall–Kier alpha value is -1.39. The number of hydrogen-bond acceptors (Lipinski definition) is 4. The molecule has 2 N–H and O–H groups in total. The van der Waals surface area contributed by atoms with Gasteiger partial charge in [-0.2, -0.15) is 0 Å². The number of esters is 1. The van der Waals surface area contributed by atoms with Crippen molar-refractivity contribution in [2.75, 3.05) is 26.7 Å². The van der Waals surface area contributed by atoms with E-state index in [-0.39, 0.29) is 5.97 Å². The Labute approximate surface area is 121 Å². The summed E-state index contributed by atoms with van der Waals surface area (Å²) in [4.78, 5) is 14.0. The average Bonchev–Trinajstić information content (AvgIpc) is 2.45. The predicted molar refractivity (Wildman–Crippen MR) is 81.2 cm³/mol. The molecule has 0 unspecified atom stereocenters. The fourth-order valence-corrected chi connectivity index (χ4v) is 2.11. The van der Waals surface area contributed by atoms with Crippen LogP contribution >= 0.6 is 0 Å². The van der Waals surface area contributed by atoms with E-state index in [0.29, 0.717) is 6.54 Å². The molecule has 112 valence electrons. The molecule has 20 heavy (non-hydrogen) atoms. The fraction of sp³-hybridized carbons (Fsp3) is 0.562. The first-order valence-electron chi connectivity index (χ1n) is 7.04. The lowest BCUT2D eigenvalue weighted by atomic mass is 9.89. The minimum Gasteiger partial charge on any atom is -0.469 e. The van der Waals surface area contributed by atoms with E-state index in [1.807, 2.05) is 32.0 Å². The van der Waals surface area contributed by atoms with E-state index >= 15 is 0 Å². The van der Waals surface area contributed by atoms with Crippen LogP contribution in [-0.2, 0) is 16.1 Å². The van der Waals surface area contributed by atoms with Crippen LogP contribution in [0.3, 0.4) is 0 Å². The molecule has 4 nitrogen and oxygen atoms in total. The summed E-state index contributed by atoms with van der Waals surface area (Å²) in [6.45, 7) is 6.96. The Bertz CT molecular complexity index is 404.